The van der Waals surface area contributed by atoms with Crippen LogP contribution in [0.4, 0.5) is 0 Å². The van der Waals surface area contributed by atoms with Gasteiger partial charge in [0.25, 0.3) is 0 Å². The Morgan fingerprint density at radius 1 is 1.78 bits per heavy atom. The minimum atomic E-state index is 0.731. The highest BCUT2D eigenvalue weighted by atomic mass is 14.9. The molecule has 1 fully saturated rings. The van der Waals surface area contributed by atoms with E-state index in [1.165, 1.54) is 19.4 Å². The van der Waals surface area contributed by atoms with Crippen molar-refractivity contribution in [2.75, 3.05) is 6.54 Å². The van der Waals surface area contributed by atoms with Crippen molar-refractivity contribution < 1.29 is 0 Å². The average molecular weight is 125 g/mol. The number of allylic oxidation sites excluding steroid dienone is 1. The van der Waals surface area contributed by atoms with Crippen molar-refractivity contribution in [3.05, 3.63) is 12.7 Å². The van der Waals surface area contributed by atoms with Crippen LogP contribution in [0.1, 0.15) is 19.8 Å². The number of rotatable bonds is 2. The van der Waals surface area contributed by atoms with Crippen LogP contribution in [0.25, 0.3) is 0 Å². The topological polar surface area (TPSA) is 12.0 Å². The fourth-order valence-electron chi connectivity index (χ4n) is 1.45. The molecule has 2 atom stereocenters. The van der Waals surface area contributed by atoms with Crippen molar-refractivity contribution >= 4 is 0 Å². The fourth-order valence-corrected chi connectivity index (χ4v) is 1.45. The molecule has 0 saturated carbocycles. The predicted molar refractivity (Wildman–Crippen MR) is 40.4 cm³/mol. The highest BCUT2D eigenvalue weighted by Crippen LogP contribution is 2.16. The first-order chi connectivity index (χ1) is 4.33. The molecule has 0 spiro atoms. The van der Waals surface area contributed by atoms with Gasteiger partial charge in [-0.3, -0.25) is 0 Å². The van der Waals surface area contributed by atoms with E-state index < -0.39 is 0 Å². The molecule has 0 aliphatic carbocycles. The summed E-state index contributed by atoms with van der Waals surface area (Å²) in [6.45, 7) is 7.15. The SMILES string of the molecule is C=CC[C@H]1CN[C@H](C)C1. The Hall–Kier alpha value is -0.300. The van der Waals surface area contributed by atoms with Gasteiger partial charge in [0.2, 0.25) is 0 Å². The molecule has 0 radical (unpaired) electrons. The van der Waals surface area contributed by atoms with E-state index in [9.17, 15) is 0 Å². The van der Waals surface area contributed by atoms with Crippen molar-refractivity contribution in [2.45, 2.75) is 25.8 Å². The quantitative estimate of drug-likeness (QED) is 0.552. The van der Waals surface area contributed by atoms with Gasteiger partial charge in [0.1, 0.15) is 0 Å². The van der Waals surface area contributed by atoms with Crippen LogP contribution in [0.15, 0.2) is 12.7 Å². The van der Waals surface area contributed by atoms with Crippen LogP contribution >= 0.6 is 0 Å². The minimum Gasteiger partial charge on any atom is -0.314 e. The molecule has 1 rings (SSSR count). The minimum absolute atomic E-state index is 0.731. The summed E-state index contributed by atoms with van der Waals surface area (Å²) in [4.78, 5) is 0. The van der Waals surface area contributed by atoms with Gasteiger partial charge in [-0.25, -0.2) is 0 Å². The van der Waals surface area contributed by atoms with Crippen molar-refractivity contribution in [1.82, 2.24) is 5.32 Å². The second kappa shape index (κ2) is 3.02. The van der Waals surface area contributed by atoms with Crippen LogP contribution in [0.5, 0.6) is 0 Å². The van der Waals surface area contributed by atoms with Gasteiger partial charge >= 0.3 is 0 Å². The molecule has 1 nitrogen and oxygen atoms in total. The summed E-state index contributed by atoms with van der Waals surface area (Å²) in [7, 11) is 0. The molecule has 0 amide bonds. The summed E-state index contributed by atoms with van der Waals surface area (Å²) >= 11 is 0. The number of hydrogen-bond acceptors (Lipinski definition) is 1. The zero-order valence-corrected chi connectivity index (χ0v) is 6.06. The van der Waals surface area contributed by atoms with Crippen molar-refractivity contribution in [3.63, 3.8) is 0 Å². The van der Waals surface area contributed by atoms with E-state index in [1.54, 1.807) is 0 Å². The highest BCUT2D eigenvalue weighted by molar-refractivity contribution is 4.83. The lowest BCUT2D eigenvalue weighted by molar-refractivity contribution is 0.577. The van der Waals surface area contributed by atoms with Crippen LogP contribution in [0.2, 0.25) is 0 Å². The van der Waals surface area contributed by atoms with Crippen molar-refractivity contribution in [1.29, 1.82) is 0 Å². The Morgan fingerprint density at radius 2 is 2.56 bits per heavy atom. The Balaban J connectivity index is 2.21. The monoisotopic (exact) mass is 125 g/mol. The van der Waals surface area contributed by atoms with Crippen molar-refractivity contribution in [3.8, 4) is 0 Å². The molecule has 1 N–H and O–H groups in total. The molecule has 0 aromatic carbocycles. The second-order valence-corrected chi connectivity index (χ2v) is 2.94. The van der Waals surface area contributed by atoms with Gasteiger partial charge in [0.05, 0.1) is 0 Å². The van der Waals surface area contributed by atoms with Gasteiger partial charge in [-0.1, -0.05) is 6.08 Å². The largest absolute Gasteiger partial charge is 0.314 e. The molecule has 1 aliphatic rings. The van der Waals surface area contributed by atoms with Gasteiger partial charge in [0, 0.05) is 6.04 Å². The lowest BCUT2D eigenvalue weighted by Crippen LogP contribution is -2.16. The highest BCUT2D eigenvalue weighted by Gasteiger charge is 2.18. The fraction of sp³-hybridized carbons (Fsp3) is 0.750. The van der Waals surface area contributed by atoms with Crippen LogP contribution in [0.3, 0.4) is 0 Å². The molecule has 9 heavy (non-hydrogen) atoms. The summed E-state index contributed by atoms with van der Waals surface area (Å²) in [5, 5.41) is 3.41. The average Bonchev–Trinajstić information content (AvgIpc) is 2.17. The van der Waals surface area contributed by atoms with Gasteiger partial charge < -0.3 is 5.32 Å². The van der Waals surface area contributed by atoms with Crippen LogP contribution in [0, 0.1) is 5.92 Å². The van der Waals surface area contributed by atoms with Crippen LogP contribution in [-0.4, -0.2) is 12.6 Å². The third kappa shape index (κ3) is 1.83. The van der Waals surface area contributed by atoms with E-state index in [-0.39, 0.29) is 0 Å². The second-order valence-electron chi connectivity index (χ2n) is 2.94. The molecular formula is C8H15N. The Morgan fingerprint density at radius 3 is 3.00 bits per heavy atom. The maximum Gasteiger partial charge on any atom is 0.00420 e. The Kier molecular flexibility index (Phi) is 2.29. The number of nitrogens with one attached hydrogen (secondary N) is 1. The maximum atomic E-state index is 3.72. The summed E-state index contributed by atoms with van der Waals surface area (Å²) in [5.74, 6) is 0.859. The van der Waals surface area contributed by atoms with Crippen LogP contribution < -0.4 is 5.32 Å². The normalized spacial score (nSPS) is 34.8. The first-order valence-electron chi connectivity index (χ1n) is 3.67. The molecule has 1 heteroatoms. The van der Waals surface area contributed by atoms with E-state index in [0.29, 0.717) is 0 Å². The van der Waals surface area contributed by atoms with E-state index in [0.717, 1.165) is 12.0 Å². The van der Waals surface area contributed by atoms with Gasteiger partial charge in [0.15, 0.2) is 0 Å². The van der Waals surface area contributed by atoms with Gasteiger partial charge in [-0.05, 0) is 32.2 Å². The van der Waals surface area contributed by atoms with Crippen LogP contribution in [-0.2, 0) is 0 Å². The Labute approximate surface area is 57.1 Å². The molecule has 0 aromatic rings. The molecule has 0 unspecified atom stereocenters. The molecule has 0 bridgehead atoms. The molecule has 1 aliphatic heterocycles. The molecule has 1 saturated heterocycles. The summed E-state index contributed by atoms with van der Waals surface area (Å²) in [6, 6.07) is 0.731. The zero-order chi connectivity index (χ0) is 6.69. The zero-order valence-electron chi connectivity index (χ0n) is 6.06. The third-order valence-corrected chi connectivity index (χ3v) is 1.94. The first-order valence-corrected chi connectivity index (χ1v) is 3.67. The lowest BCUT2D eigenvalue weighted by atomic mass is 10.0. The lowest BCUT2D eigenvalue weighted by Gasteiger charge is -2.01. The predicted octanol–water partition coefficient (Wildman–Crippen LogP) is 1.56. The van der Waals surface area contributed by atoms with E-state index in [1.807, 2.05) is 6.08 Å². The smallest absolute Gasteiger partial charge is 0.00420 e. The standard InChI is InChI=1S/C8H15N/c1-3-4-8-5-7(2)9-6-8/h3,7-9H,1,4-6H2,2H3/t7-,8-/m1/s1. The van der Waals surface area contributed by atoms with E-state index >= 15 is 0 Å². The van der Waals surface area contributed by atoms with Crippen molar-refractivity contribution in [2.24, 2.45) is 5.92 Å². The first kappa shape index (κ1) is 6.81. The number of hydrogen-bond donors (Lipinski definition) is 1. The maximum absolute atomic E-state index is 3.72. The van der Waals surface area contributed by atoms with E-state index in [2.05, 4.69) is 18.8 Å². The summed E-state index contributed by atoms with van der Waals surface area (Å²) in [6.07, 6.45) is 4.52. The summed E-state index contributed by atoms with van der Waals surface area (Å²) in [5.41, 5.74) is 0. The summed E-state index contributed by atoms with van der Waals surface area (Å²) < 4.78 is 0. The molecule has 0 aromatic heterocycles. The third-order valence-electron chi connectivity index (χ3n) is 1.94. The molecule has 52 valence electrons. The molecule has 1 heterocycles. The van der Waals surface area contributed by atoms with Gasteiger partial charge in [-0.2, -0.15) is 0 Å². The van der Waals surface area contributed by atoms with E-state index in [4.69, 9.17) is 0 Å². The molecular weight excluding hydrogens is 110 g/mol. The Bertz CT molecular complexity index is 98.7. The van der Waals surface area contributed by atoms with Gasteiger partial charge in [-0.15, -0.1) is 6.58 Å².